The third-order valence-electron chi connectivity index (χ3n) is 4.55. The third kappa shape index (κ3) is 1.80. The first-order chi connectivity index (χ1) is 9.02. The Bertz CT molecular complexity index is 637. The van der Waals surface area contributed by atoms with Gasteiger partial charge in [-0.2, -0.15) is 0 Å². The Morgan fingerprint density at radius 3 is 2.47 bits per heavy atom. The number of benzene rings is 1. The molecule has 102 valence electrons. The summed E-state index contributed by atoms with van der Waals surface area (Å²) in [5.74, 6) is 0. The van der Waals surface area contributed by atoms with E-state index in [-0.39, 0.29) is 6.04 Å². The molecule has 1 aliphatic heterocycles. The van der Waals surface area contributed by atoms with Gasteiger partial charge in [-0.25, -0.2) is 0 Å². The number of hydrogen-bond donors (Lipinski definition) is 1. The number of fused-ring (bicyclic) bond motifs is 2. The summed E-state index contributed by atoms with van der Waals surface area (Å²) in [4.78, 5) is 2.47. The van der Waals surface area contributed by atoms with Crippen LogP contribution in [0.2, 0.25) is 0 Å². The minimum absolute atomic E-state index is 0.0884. The molecule has 1 aliphatic rings. The van der Waals surface area contributed by atoms with E-state index in [9.17, 15) is 0 Å². The van der Waals surface area contributed by atoms with Gasteiger partial charge in [-0.3, -0.25) is 4.90 Å². The molecule has 0 saturated heterocycles. The van der Waals surface area contributed by atoms with Gasteiger partial charge in [0.1, 0.15) is 0 Å². The van der Waals surface area contributed by atoms with Crippen molar-refractivity contribution >= 4 is 10.9 Å². The first-order valence-electron chi connectivity index (χ1n) is 7.11. The largest absolute Gasteiger partial charge is 0.348 e. The molecule has 2 N–H and O–H groups in total. The molecule has 1 unspecified atom stereocenters. The average Bonchev–Trinajstić information content (AvgIpc) is 2.87. The minimum Gasteiger partial charge on any atom is -0.348 e. The normalized spacial score (nSPS) is 17.1. The average molecular weight is 257 g/mol. The summed E-state index contributed by atoms with van der Waals surface area (Å²) in [6.07, 6.45) is 0. The van der Waals surface area contributed by atoms with Crippen molar-refractivity contribution in [1.29, 1.82) is 0 Å². The smallest absolute Gasteiger partial charge is 0.0486 e. The lowest BCUT2D eigenvalue weighted by molar-refractivity contribution is 0.301. The van der Waals surface area contributed by atoms with E-state index < -0.39 is 0 Å². The second-order valence-electron chi connectivity index (χ2n) is 5.79. The number of rotatable bonds is 2. The molecule has 3 nitrogen and oxygen atoms in total. The molecule has 0 radical (unpaired) electrons. The van der Waals surface area contributed by atoms with E-state index in [4.69, 9.17) is 5.73 Å². The predicted octanol–water partition coefficient (Wildman–Crippen LogP) is 2.84. The summed E-state index contributed by atoms with van der Waals surface area (Å²) in [6.45, 7) is 9.75. The zero-order valence-corrected chi connectivity index (χ0v) is 12.3. The van der Waals surface area contributed by atoms with Crippen LogP contribution < -0.4 is 5.73 Å². The van der Waals surface area contributed by atoms with Crippen LogP contribution in [0.15, 0.2) is 12.1 Å². The number of nitrogens with zero attached hydrogens (tertiary/aromatic N) is 2. The lowest BCUT2D eigenvalue weighted by Gasteiger charge is -2.09. The third-order valence-corrected chi connectivity index (χ3v) is 4.55. The quantitative estimate of drug-likeness (QED) is 0.897. The number of hydrogen-bond acceptors (Lipinski definition) is 2. The SMILES string of the molecule is CCN1Cc2cc3c(C(C)N)c(C)n(C)c3cc2C1. The molecule has 19 heavy (non-hydrogen) atoms. The highest BCUT2D eigenvalue weighted by molar-refractivity contribution is 5.87. The van der Waals surface area contributed by atoms with E-state index in [2.05, 4.69) is 49.4 Å². The molecule has 0 aliphatic carbocycles. The van der Waals surface area contributed by atoms with E-state index in [0.717, 1.165) is 19.6 Å². The van der Waals surface area contributed by atoms with Gasteiger partial charge in [-0.1, -0.05) is 6.92 Å². The Hall–Kier alpha value is -1.32. The fourth-order valence-electron chi connectivity index (χ4n) is 3.36. The first kappa shape index (κ1) is 12.7. The van der Waals surface area contributed by atoms with Crippen molar-refractivity contribution in [3.05, 3.63) is 34.5 Å². The zero-order chi connectivity index (χ0) is 13.7. The van der Waals surface area contributed by atoms with Gasteiger partial charge in [0.15, 0.2) is 0 Å². The lowest BCUT2D eigenvalue weighted by Crippen LogP contribution is -2.14. The zero-order valence-electron chi connectivity index (χ0n) is 12.3. The highest BCUT2D eigenvalue weighted by Gasteiger charge is 2.22. The molecule has 2 heterocycles. The van der Waals surface area contributed by atoms with Crippen LogP contribution in [0.25, 0.3) is 10.9 Å². The van der Waals surface area contributed by atoms with Gasteiger partial charge >= 0.3 is 0 Å². The standard InChI is InChI=1S/C16H23N3/c1-5-19-8-12-6-14-15(7-13(12)9-19)18(4)11(3)16(14)10(2)17/h6-7,10H,5,8-9,17H2,1-4H3. The van der Waals surface area contributed by atoms with Crippen LogP contribution in [0.1, 0.15) is 42.3 Å². The molecule has 0 spiro atoms. The van der Waals surface area contributed by atoms with Crippen LogP contribution in [-0.4, -0.2) is 16.0 Å². The number of aryl methyl sites for hydroxylation is 1. The first-order valence-corrected chi connectivity index (χ1v) is 7.11. The Kier molecular flexibility index (Phi) is 2.91. The summed E-state index contributed by atoms with van der Waals surface area (Å²) in [5, 5.41) is 1.34. The molecule has 1 atom stereocenters. The summed E-state index contributed by atoms with van der Waals surface area (Å²) in [5.41, 5.74) is 13.0. The molecule has 1 aromatic heterocycles. The second kappa shape index (κ2) is 4.36. The molecule has 3 rings (SSSR count). The van der Waals surface area contributed by atoms with Crippen molar-refractivity contribution in [3.8, 4) is 0 Å². The van der Waals surface area contributed by atoms with Gasteiger partial charge in [-0.05, 0) is 49.2 Å². The fraction of sp³-hybridized carbons (Fsp3) is 0.500. The molecule has 3 heteroatoms. The molecule has 0 fully saturated rings. The van der Waals surface area contributed by atoms with E-state index in [0.29, 0.717) is 0 Å². The van der Waals surface area contributed by atoms with Crippen LogP contribution in [0.4, 0.5) is 0 Å². The van der Waals surface area contributed by atoms with Gasteiger partial charge < -0.3 is 10.3 Å². The van der Waals surface area contributed by atoms with Gasteiger partial charge in [-0.15, -0.1) is 0 Å². The van der Waals surface area contributed by atoms with Crippen molar-refractivity contribution in [2.24, 2.45) is 12.8 Å². The Morgan fingerprint density at radius 1 is 1.26 bits per heavy atom. The maximum Gasteiger partial charge on any atom is 0.0486 e. The van der Waals surface area contributed by atoms with Gasteiger partial charge in [0.2, 0.25) is 0 Å². The predicted molar refractivity (Wildman–Crippen MR) is 80.0 cm³/mol. The maximum atomic E-state index is 6.17. The van der Waals surface area contributed by atoms with E-state index in [1.165, 1.54) is 33.3 Å². The van der Waals surface area contributed by atoms with E-state index >= 15 is 0 Å². The van der Waals surface area contributed by atoms with Crippen molar-refractivity contribution < 1.29 is 0 Å². The van der Waals surface area contributed by atoms with E-state index in [1.54, 1.807) is 0 Å². The highest BCUT2D eigenvalue weighted by atomic mass is 15.1. The number of nitrogens with two attached hydrogens (primary N) is 1. The van der Waals surface area contributed by atoms with Crippen LogP contribution in [0.3, 0.4) is 0 Å². The van der Waals surface area contributed by atoms with Crippen LogP contribution in [0, 0.1) is 6.92 Å². The van der Waals surface area contributed by atoms with Gasteiger partial charge in [0.25, 0.3) is 0 Å². The summed E-state index contributed by atoms with van der Waals surface area (Å²) >= 11 is 0. The Morgan fingerprint density at radius 2 is 1.89 bits per heavy atom. The fourth-order valence-corrected chi connectivity index (χ4v) is 3.36. The molecule has 0 bridgehead atoms. The van der Waals surface area contributed by atoms with Gasteiger partial charge in [0.05, 0.1) is 0 Å². The van der Waals surface area contributed by atoms with Crippen molar-refractivity contribution in [3.63, 3.8) is 0 Å². The second-order valence-corrected chi connectivity index (χ2v) is 5.79. The highest BCUT2D eigenvalue weighted by Crippen LogP contribution is 2.34. The van der Waals surface area contributed by atoms with Crippen molar-refractivity contribution in [1.82, 2.24) is 9.47 Å². The monoisotopic (exact) mass is 257 g/mol. The number of aromatic nitrogens is 1. The summed E-state index contributed by atoms with van der Waals surface area (Å²) < 4.78 is 2.28. The molecular formula is C16H23N3. The Labute approximate surface area is 115 Å². The topological polar surface area (TPSA) is 34.2 Å². The Balaban J connectivity index is 2.23. The maximum absolute atomic E-state index is 6.17. The van der Waals surface area contributed by atoms with Crippen molar-refractivity contribution in [2.45, 2.75) is 39.9 Å². The molecule has 0 saturated carbocycles. The van der Waals surface area contributed by atoms with Crippen LogP contribution in [0.5, 0.6) is 0 Å². The minimum atomic E-state index is 0.0884. The molecule has 0 amide bonds. The molecule has 1 aromatic carbocycles. The summed E-state index contributed by atoms with van der Waals surface area (Å²) in [6, 6.07) is 4.82. The van der Waals surface area contributed by atoms with Crippen molar-refractivity contribution in [2.75, 3.05) is 6.54 Å². The van der Waals surface area contributed by atoms with Crippen LogP contribution in [-0.2, 0) is 20.1 Å². The molecule has 2 aromatic rings. The van der Waals surface area contributed by atoms with Crippen LogP contribution >= 0.6 is 0 Å². The lowest BCUT2D eigenvalue weighted by atomic mass is 10.0. The van der Waals surface area contributed by atoms with Gasteiger partial charge in [0, 0.05) is 42.8 Å². The van der Waals surface area contributed by atoms with E-state index in [1.807, 2.05) is 0 Å². The molecular weight excluding hydrogens is 234 g/mol. The summed E-state index contributed by atoms with van der Waals surface area (Å²) in [7, 11) is 2.14.